The molecular formula is C16H34N2O. The third kappa shape index (κ3) is 7.91. The topological polar surface area (TPSA) is 24.5 Å². The number of rotatable bonds is 8. The van der Waals surface area contributed by atoms with Gasteiger partial charge in [0.2, 0.25) is 0 Å². The average Bonchev–Trinajstić information content (AvgIpc) is 2.72. The zero-order chi connectivity index (χ0) is 14.3. The molecule has 1 atom stereocenters. The molecule has 0 amide bonds. The molecule has 0 radical (unpaired) electrons. The molecule has 1 heterocycles. The normalized spacial score (nSPS) is 21.5. The van der Waals surface area contributed by atoms with Crippen LogP contribution in [0.5, 0.6) is 0 Å². The fourth-order valence-electron chi connectivity index (χ4n) is 2.45. The summed E-state index contributed by atoms with van der Waals surface area (Å²) in [6, 6.07) is 0.702. The van der Waals surface area contributed by atoms with E-state index in [-0.39, 0.29) is 5.54 Å². The number of hydrogen-bond donors (Lipinski definition) is 1. The summed E-state index contributed by atoms with van der Waals surface area (Å²) in [6.07, 6.45) is 3.84. The molecule has 1 saturated heterocycles. The molecule has 0 aliphatic carbocycles. The molecule has 1 aliphatic rings. The van der Waals surface area contributed by atoms with Gasteiger partial charge < -0.3 is 10.1 Å². The molecular weight excluding hydrogens is 236 g/mol. The van der Waals surface area contributed by atoms with Crippen molar-refractivity contribution < 1.29 is 4.74 Å². The number of nitrogens with zero attached hydrogens (tertiary/aromatic N) is 1. The molecule has 3 nitrogen and oxygen atoms in total. The Labute approximate surface area is 120 Å². The van der Waals surface area contributed by atoms with Gasteiger partial charge in [0.1, 0.15) is 0 Å². The van der Waals surface area contributed by atoms with Gasteiger partial charge in [-0.05, 0) is 52.5 Å². The molecule has 0 aromatic rings. The maximum absolute atomic E-state index is 5.74. The van der Waals surface area contributed by atoms with E-state index in [1.165, 1.54) is 25.8 Å². The lowest BCUT2D eigenvalue weighted by Gasteiger charge is -2.29. The fraction of sp³-hybridized carbons (Fsp3) is 1.00. The van der Waals surface area contributed by atoms with E-state index >= 15 is 0 Å². The van der Waals surface area contributed by atoms with Crippen molar-refractivity contribution in [3.8, 4) is 0 Å². The van der Waals surface area contributed by atoms with Gasteiger partial charge in [-0.25, -0.2) is 0 Å². The molecule has 1 unspecified atom stereocenters. The van der Waals surface area contributed by atoms with Gasteiger partial charge in [-0.3, -0.25) is 4.90 Å². The van der Waals surface area contributed by atoms with E-state index in [1.807, 2.05) is 0 Å². The third-order valence-electron chi connectivity index (χ3n) is 3.73. The Balaban J connectivity index is 2.14. The molecule has 3 heteroatoms. The Morgan fingerprint density at radius 1 is 1.26 bits per heavy atom. The van der Waals surface area contributed by atoms with Crippen molar-refractivity contribution in [2.45, 2.75) is 65.5 Å². The van der Waals surface area contributed by atoms with Gasteiger partial charge in [-0.2, -0.15) is 0 Å². The lowest BCUT2D eigenvalue weighted by Crippen LogP contribution is -2.45. The highest BCUT2D eigenvalue weighted by Crippen LogP contribution is 2.16. The molecule has 1 rings (SSSR count). The first-order valence-electron chi connectivity index (χ1n) is 7.95. The predicted octanol–water partition coefficient (Wildman–Crippen LogP) is 2.90. The van der Waals surface area contributed by atoms with Crippen LogP contribution in [0.1, 0.15) is 53.9 Å². The number of hydrogen-bond acceptors (Lipinski definition) is 3. The van der Waals surface area contributed by atoms with E-state index < -0.39 is 0 Å². The molecule has 0 bridgehead atoms. The first-order valence-corrected chi connectivity index (χ1v) is 7.95. The summed E-state index contributed by atoms with van der Waals surface area (Å²) in [5.41, 5.74) is 0.224. The van der Waals surface area contributed by atoms with Crippen LogP contribution in [0.3, 0.4) is 0 Å². The maximum atomic E-state index is 5.74. The summed E-state index contributed by atoms with van der Waals surface area (Å²) < 4.78 is 5.74. The number of nitrogens with one attached hydrogen (secondary N) is 1. The van der Waals surface area contributed by atoms with E-state index in [0.717, 1.165) is 32.2 Å². The van der Waals surface area contributed by atoms with E-state index in [2.05, 4.69) is 44.8 Å². The summed E-state index contributed by atoms with van der Waals surface area (Å²) in [4.78, 5) is 2.59. The minimum Gasteiger partial charge on any atom is -0.380 e. The Morgan fingerprint density at radius 2 is 2.00 bits per heavy atom. The van der Waals surface area contributed by atoms with Crippen LogP contribution in [0.25, 0.3) is 0 Å². The van der Waals surface area contributed by atoms with E-state index in [0.29, 0.717) is 6.04 Å². The lowest BCUT2D eigenvalue weighted by atomic mass is 10.1. The lowest BCUT2D eigenvalue weighted by molar-refractivity contribution is 0.0911. The summed E-state index contributed by atoms with van der Waals surface area (Å²) in [7, 11) is 0. The molecule has 0 spiro atoms. The Morgan fingerprint density at radius 3 is 2.63 bits per heavy atom. The largest absolute Gasteiger partial charge is 0.380 e. The minimum atomic E-state index is 0.224. The van der Waals surface area contributed by atoms with Gasteiger partial charge >= 0.3 is 0 Å². The van der Waals surface area contributed by atoms with Crippen LogP contribution in [0, 0.1) is 5.92 Å². The van der Waals surface area contributed by atoms with Crippen LogP contribution in [0.2, 0.25) is 0 Å². The molecule has 0 aromatic heterocycles. The van der Waals surface area contributed by atoms with Crippen LogP contribution < -0.4 is 5.32 Å². The monoisotopic (exact) mass is 270 g/mol. The predicted molar refractivity (Wildman–Crippen MR) is 82.6 cm³/mol. The minimum absolute atomic E-state index is 0.224. The quantitative estimate of drug-likeness (QED) is 0.686. The second kappa shape index (κ2) is 8.23. The standard InChI is InChI=1S/C16H34N2O/c1-14(2)8-11-19-12-10-18-9-6-7-15(18)13-17-16(3,4)5/h14-15,17H,6-13H2,1-5H3. The maximum Gasteiger partial charge on any atom is 0.0593 e. The molecule has 114 valence electrons. The molecule has 0 aromatic carbocycles. The summed E-state index contributed by atoms with van der Waals surface area (Å²) in [6.45, 7) is 16.4. The van der Waals surface area contributed by atoms with E-state index in [9.17, 15) is 0 Å². The van der Waals surface area contributed by atoms with Crippen molar-refractivity contribution in [2.75, 3.05) is 32.8 Å². The SMILES string of the molecule is CC(C)CCOCCN1CCCC1CNC(C)(C)C. The van der Waals surface area contributed by atoms with Crippen molar-refractivity contribution in [3.05, 3.63) is 0 Å². The average molecular weight is 270 g/mol. The molecule has 1 fully saturated rings. The zero-order valence-corrected chi connectivity index (χ0v) is 13.7. The highest BCUT2D eigenvalue weighted by Gasteiger charge is 2.25. The molecule has 0 saturated carbocycles. The second-order valence-corrected chi connectivity index (χ2v) is 7.26. The van der Waals surface area contributed by atoms with Gasteiger partial charge in [-0.1, -0.05) is 13.8 Å². The van der Waals surface area contributed by atoms with Gasteiger partial charge in [0.05, 0.1) is 6.61 Å². The molecule has 1 N–H and O–H groups in total. The summed E-state index contributed by atoms with van der Waals surface area (Å²) in [5.74, 6) is 0.746. The Hall–Kier alpha value is -0.120. The van der Waals surface area contributed by atoms with Crippen LogP contribution in [0.15, 0.2) is 0 Å². The Kier molecular flexibility index (Phi) is 7.33. The Bertz CT molecular complexity index is 235. The summed E-state index contributed by atoms with van der Waals surface area (Å²) in [5, 5.41) is 3.63. The van der Waals surface area contributed by atoms with Crippen LogP contribution >= 0.6 is 0 Å². The second-order valence-electron chi connectivity index (χ2n) is 7.26. The van der Waals surface area contributed by atoms with Crippen LogP contribution in [0.4, 0.5) is 0 Å². The van der Waals surface area contributed by atoms with Crippen molar-refractivity contribution >= 4 is 0 Å². The first kappa shape index (κ1) is 16.9. The number of ether oxygens (including phenoxy) is 1. The molecule has 1 aliphatic heterocycles. The van der Waals surface area contributed by atoms with Crippen molar-refractivity contribution in [1.29, 1.82) is 0 Å². The summed E-state index contributed by atoms with van der Waals surface area (Å²) >= 11 is 0. The van der Waals surface area contributed by atoms with Gasteiger partial charge in [0.15, 0.2) is 0 Å². The highest BCUT2D eigenvalue weighted by molar-refractivity contribution is 4.83. The molecule has 19 heavy (non-hydrogen) atoms. The van der Waals surface area contributed by atoms with Crippen LogP contribution in [-0.4, -0.2) is 49.3 Å². The third-order valence-corrected chi connectivity index (χ3v) is 3.73. The van der Waals surface area contributed by atoms with Crippen molar-refractivity contribution in [2.24, 2.45) is 5.92 Å². The van der Waals surface area contributed by atoms with E-state index in [4.69, 9.17) is 4.74 Å². The van der Waals surface area contributed by atoms with E-state index in [1.54, 1.807) is 0 Å². The van der Waals surface area contributed by atoms with Gasteiger partial charge in [0.25, 0.3) is 0 Å². The first-order chi connectivity index (χ1) is 8.88. The van der Waals surface area contributed by atoms with Gasteiger partial charge in [0, 0.05) is 31.3 Å². The van der Waals surface area contributed by atoms with Crippen molar-refractivity contribution in [3.63, 3.8) is 0 Å². The fourth-order valence-corrected chi connectivity index (χ4v) is 2.45. The van der Waals surface area contributed by atoms with Crippen molar-refractivity contribution in [1.82, 2.24) is 10.2 Å². The zero-order valence-electron chi connectivity index (χ0n) is 13.7. The van der Waals surface area contributed by atoms with Gasteiger partial charge in [-0.15, -0.1) is 0 Å². The van der Waals surface area contributed by atoms with Crippen LogP contribution in [-0.2, 0) is 4.74 Å². The highest BCUT2D eigenvalue weighted by atomic mass is 16.5. The number of likely N-dealkylation sites (tertiary alicyclic amines) is 1. The smallest absolute Gasteiger partial charge is 0.0593 e.